The van der Waals surface area contributed by atoms with Crippen LogP contribution in [0.3, 0.4) is 0 Å². The molecule has 23 heavy (non-hydrogen) atoms. The number of aliphatic hydroxyl groups excluding tert-OH is 1. The largest absolute Gasteiger partial charge is 0.390 e. The molecule has 0 unspecified atom stereocenters. The van der Waals surface area contributed by atoms with Gasteiger partial charge in [-0.15, -0.1) is 0 Å². The van der Waals surface area contributed by atoms with Crippen LogP contribution in [0.2, 0.25) is 0 Å². The Labute approximate surface area is 140 Å². The molecule has 3 heterocycles. The number of β-amino-alcohol motifs (C(OH)–C–C–N with tert-alkyl or cyclic N) is 1. The number of likely N-dealkylation sites (N-methyl/N-ethyl adjacent to an activating group) is 1. The third kappa shape index (κ3) is 4.44. The zero-order valence-electron chi connectivity index (χ0n) is 14.5. The minimum atomic E-state index is -0.397. The van der Waals surface area contributed by atoms with Crippen molar-refractivity contribution in [2.45, 2.75) is 37.8 Å². The van der Waals surface area contributed by atoms with E-state index in [1.54, 1.807) is 0 Å². The number of piperazine rings is 1. The molecule has 1 N–H and O–H groups in total. The maximum absolute atomic E-state index is 12.6. The van der Waals surface area contributed by atoms with Gasteiger partial charge >= 0.3 is 0 Å². The molecule has 0 radical (unpaired) electrons. The van der Waals surface area contributed by atoms with Gasteiger partial charge in [0, 0.05) is 39.3 Å². The Morgan fingerprint density at radius 3 is 2.26 bits per heavy atom. The highest BCUT2D eigenvalue weighted by molar-refractivity contribution is 5.78. The van der Waals surface area contributed by atoms with Crippen molar-refractivity contribution >= 4 is 5.91 Å². The number of carbonyl (C=O) groups excluding carboxylic acids is 1. The fraction of sp³-hybridized carbons (Fsp3) is 0.941. The average molecular weight is 324 g/mol. The molecule has 6 nitrogen and oxygen atoms in total. The van der Waals surface area contributed by atoms with E-state index in [2.05, 4.69) is 21.7 Å². The maximum atomic E-state index is 12.6. The quantitative estimate of drug-likeness (QED) is 0.771. The second-order valence-electron chi connectivity index (χ2n) is 7.46. The van der Waals surface area contributed by atoms with Crippen LogP contribution in [0.4, 0.5) is 0 Å². The predicted octanol–water partition coefficient (Wildman–Crippen LogP) is -0.318. The van der Waals surface area contributed by atoms with Crippen LogP contribution in [0.1, 0.15) is 25.7 Å². The third-order valence-corrected chi connectivity index (χ3v) is 5.68. The monoisotopic (exact) mass is 324 g/mol. The van der Waals surface area contributed by atoms with E-state index in [9.17, 15) is 9.90 Å². The molecule has 0 aromatic heterocycles. The molecule has 0 aromatic rings. The fourth-order valence-corrected chi connectivity index (χ4v) is 4.07. The van der Waals surface area contributed by atoms with Crippen molar-refractivity contribution in [2.24, 2.45) is 0 Å². The second kappa shape index (κ2) is 7.92. The molecule has 3 aliphatic heterocycles. The number of carbonyl (C=O) groups is 1. The summed E-state index contributed by atoms with van der Waals surface area (Å²) in [6, 6.07) is 0.122. The number of hydrogen-bond donors (Lipinski definition) is 1. The van der Waals surface area contributed by atoms with Crippen LogP contribution in [0.5, 0.6) is 0 Å². The van der Waals surface area contributed by atoms with E-state index >= 15 is 0 Å². The van der Waals surface area contributed by atoms with Gasteiger partial charge in [-0.05, 0) is 33.0 Å². The number of amides is 1. The first-order valence-electron chi connectivity index (χ1n) is 9.24. The van der Waals surface area contributed by atoms with Crippen LogP contribution in [0, 0.1) is 0 Å². The summed E-state index contributed by atoms with van der Waals surface area (Å²) in [5, 5.41) is 10.4. The van der Waals surface area contributed by atoms with E-state index in [0.717, 1.165) is 39.3 Å². The van der Waals surface area contributed by atoms with Crippen molar-refractivity contribution in [3.05, 3.63) is 0 Å². The van der Waals surface area contributed by atoms with E-state index in [0.29, 0.717) is 19.6 Å². The number of rotatable bonds is 3. The van der Waals surface area contributed by atoms with Crippen molar-refractivity contribution in [2.75, 3.05) is 66.0 Å². The molecule has 132 valence electrons. The molecule has 0 bridgehead atoms. The molecule has 3 saturated heterocycles. The minimum Gasteiger partial charge on any atom is -0.390 e. The smallest absolute Gasteiger partial charge is 0.236 e. The Morgan fingerprint density at radius 1 is 0.957 bits per heavy atom. The van der Waals surface area contributed by atoms with Crippen LogP contribution in [0.25, 0.3) is 0 Å². The van der Waals surface area contributed by atoms with Gasteiger partial charge in [-0.25, -0.2) is 0 Å². The van der Waals surface area contributed by atoms with Crippen LogP contribution in [0.15, 0.2) is 0 Å². The molecule has 6 heteroatoms. The van der Waals surface area contributed by atoms with Crippen molar-refractivity contribution < 1.29 is 9.90 Å². The molecular weight excluding hydrogens is 292 g/mol. The molecule has 0 aromatic carbocycles. The lowest BCUT2D eigenvalue weighted by atomic mass is 10.1. The summed E-state index contributed by atoms with van der Waals surface area (Å²) in [4.78, 5) is 21.5. The Kier molecular flexibility index (Phi) is 5.91. The van der Waals surface area contributed by atoms with Crippen molar-refractivity contribution in [3.8, 4) is 0 Å². The molecule has 1 amide bonds. The topological polar surface area (TPSA) is 50.3 Å². The van der Waals surface area contributed by atoms with Gasteiger partial charge in [0.05, 0.1) is 18.7 Å². The summed E-state index contributed by atoms with van der Waals surface area (Å²) in [7, 11) is 2.14. The molecule has 3 rings (SSSR count). The normalized spacial score (nSPS) is 32.2. The summed E-state index contributed by atoms with van der Waals surface area (Å²) in [6.45, 7) is 7.89. The highest BCUT2D eigenvalue weighted by Crippen LogP contribution is 2.19. The van der Waals surface area contributed by atoms with Gasteiger partial charge in [0.2, 0.25) is 5.91 Å². The molecule has 3 fully saturated rings. The molecular formula is C17H32N4O2. The van der Waals surface area contributed by atoms with Gasteiger partial charge in [0.15, 0.2) is 0 Å². The zero-order chi connectivity index (χ0) is 16.2. The SMILES string of the molecule is CN1CCN([C@H]2CN(C(=O)CN3CCCCCC3)C[C@@H]2O)CC1. The van der Waals surface area contributed by atoms with E-state index in [1.165, 1.54) is 25.7 Å². The summed E-state index contributed by atoms with van der Waals surface area (Å²) < 4.78 is 0. The Bertz CT molecular complexity index is 390. The number of aliphatic hydroxyl groups is 1. The Morgan fingerprint density at radius 2 is 1.61 bits per heavy atom. The van der Waals surface area contributed by atoms with Gasteiger partial charge in [-0.1, -0.05) is 12.8 Å². The zero-order valence-corrected chi connectivity index (χ0v) is 14.5. The van der Waals surface area contributed by atoms with Gasteiger partial charge in [0.1, 0.15) is 0 Å². The number of nitrogens with zero attached hydrogens (tertiary/aromatic N) is 4. The number of likely N-dealkylation sites (tertiary alicyclic amines) is 2. The summed E-state index contributed by atoms with van der Waals surface area (Å²) >= 11 is 0. The van der Waals surface area contributed by atoms with E-state index < -0.39 is 6.10 Å². The lowest BCUT2D eigenvalue weighted by Gasteiger charge is -2.37. The first kappa shape index (κ1) is 17.1. The lowest BCUT2D eigenvalue weighted by Crippen LogP contribution is -2.52. The Hall–Kier alpha value is -0.690. The fourth-order valence-electron chi connectivity index (χ4n) is 4.07. The van der Waals surface area contributed by atoms with Gasteiger partial charge in [-0.3, -0.25) is 14.6 Å². The first-order valence-corrected chi connectivity index (χ1v) is 9.24. The van der Waals surface area contributed by atoms with E-state index in [4.69, 9.17) is 0 Å². The van der Waals surface area contributed by atoms with Crippen LogP contribution >= 0.6 is 0 Å². The van der Waals surface area contributed by atoms with Crippen molar-refractivity contribution in [3.63, 3.8) is 0 Å². The average Bonchev–Trinajstić information content (AvgIpc) is 2.76. The minimum absolute atomic E-state index is 0.122. The number of hydrogen-bond acceptors (Lipinski definition) is 5. The Balaban J connectivity index is 1.50. The lowest BCUT2D eigenvalue weighted by molar-refractivity contribution is -0.131. The standard InChI is InChI=1S/C17H32N4O2/c1-18-8-10-20(11-9-18)15-12-21(13-16(15)22)17(23)14-19-6-4-2-3-5-7-19/h15-16,22H,2-14H2,1H3/t15-,16-/m0/s1. The predicted molar refractivity (Wildman–Crippen MR) is 90.4 cm³/mol. The van der Waals surface area contributed by atoms with Gasteiger partial charge < -0.3 is 14.9 Å². The van der Waals surface area contributed by atoms with Crippen molar-refractivity contribution in [1.29, 1.82) is 0 Å². The third-order valence-electron chi connectivity index (χ3n) is 5.68. The molecule has 0 spiro atoms. The molecule has 3 aliphatic rings. The summed E-state index contributed by atoms with van der Waals surface area (Å²) in [5.74, 6) is 0.197. The van der Waals surface area contributed by atoms with Gasteiger partial charge in [0.25, 0.3) is 0 Å². The van der Waals surface area contributed by atoms with E-state index in [-0.39, 0.29) is 11.9 Å². The van der Waals surface area contributed by atoms with Crippen LogP contribution < -0.4 is 0 Å². The summed E-state index contributed by atoms with van der Waals surface area (Å²) in [6.07, 6.45) is 4.60. The first-order chi connectivity index (χ1) is 11.1. The van der Waals surface area contributed by atoms with Crippen LogP contribution in [-0.2, 0) is 4.79 Å². The molecule has 2 atom stereocenters. The molecule has 0 aliphatic carbocycles. The highest BCUT2D eigenvalue weighted by Gasteiger charge is 2.38. The van der Waals surface area contributed by atoms with Crippen LogP contribution in [-0.4, -0.2) is 109 Å². The van der Waals surface area contributed by atoms with Crippen molar-refractivity contribution in [1.82, 2.24) is 19.6 Å². The maximum Gasteiger partial charge on any atom is 0.236 e. The van der Waals surface area contributed by atoms with Gasteiger partial charge in [-0.2, -0.15) is 0 Å². The van der Waals surface area contributed by atoms with E-state index in [1.807, 2.05) is 4.90 Å². The second-order valence-corrected chi connectivity index (χ2v) is 7.46. The summed E-state index contributed by atoms with van der Waals surface area (Å²) in [5.41, 5.74) is 0. The highest BCUT2D eigenvalue weighted by atomic mass is 16.3. The molecule has 0 saturated carbocycles.